The fourth-order valence-corrected chi connectivity index (χ4v) is 1.62. The summed E-state index contributed by atoms with van der Waals surface area (Å²) < 4.78 is 9.84. The Balaban J connectivity index is 2.66. The van der Waals surface area contributed by atoms with Crippen molar-refractivity contribution in [2.75, 3.05) is 7.11 Å². The molecule has 1 rings (SSSR count). The predicted molar refractivity (Wildman–Crippen MR) is 66.7 cm³/mol. The molecule has 0 saturated heterocycles. The van der Waals surface area contributed by atoms with Crippen LogP contribution in [0.2, 0.25) is 0 Å². The second-order valence-electron chi connectivity index (χ2n) is 3.97. The van der Waals surface area contributed by atoms with Crippen LogP contribution in [-0.4, -0.2) is 19.0 Å². The van der Waals surface area contributed by atoms with Gasteiger partial charge in [0.2, 0.25) is 0 Å². The molecule has 0 aromatic heterocycles. The van der Waals surface area contributed by atoms with Crippen LogP contribution >= 0.6 is 0 Å². The van der Waals surface area contributed by atoms with Crippen molar-refractivity contribution < 1.29 is 19.1 Å². The predicted octanol–water partition coefficient (Wildman–Crippen LogP) is 2.49. The lowest BCUT2D eigenvalue weighted by molar-refractivity contribution is -0.163. The maximum Gasteiger partial charge on any atom is 0.320 e. The third kappa shape index (κ3) is 3.58. The molecule has 1 aromatic rings. The van der Waals surface area contributed by atoms with E-state index in [4.69, 9.17) is 4.74 Å². The van der Waals surface area contributed by atoms with Crippen LogP contribution in [0.5, 0.6) is 0 Å². The Bertz CT molecular complexity index is 400. The molecule has 0 aliphatic carbocycles. The number of hydrogen-bond acceptors (Lipinski definition) is 4. The van der Waals surface area contributed by atoms with Crippen molar-refractivity contribution >= 4 is 11.9 Å². The van der Waals surface area contributed by atoms with Gasteiger partial charge in [0.05, 0.1) is 7.11 Å². The van der Waals surface area contributed by atoms with E-state index in [0.29, 0.717) is 6.42 Å². The molecule has 0 amide bonds. The van der Waals surface area contributed by atoms with E-state index in [2.05, 4.69) is 4.74 Å². The molecule has 4 nitrogen and oxygen atoms in total. The van der Waals surface area contributed by atoms with E-state index >= 15 is 0 Å². The SMILES string of the molecule is CC[C@@H](C(=O)OC)C(=O)OC(C)c1ccccc1. The van der Waals surface area contributed by atoms with E-state index < -0.39 is 17.9 Å². The largest absolute Gasteiger partial charge is 0.468 e. The molecule has 0 saturated carbocycles. The van der Waals surface area contributed by atoms with Crippen molar-refractivity contribution in [2.45, 2.75) is 26.4 Å². The highest BCUT2D eigenvalue weighted by atomic mass is 16.6. The monoisotopic (exact) mass is 250 g/mol. The standard InChI is InChI=1S/C14H18O4/c1-4-12(13(15)17-3)14(16)18-10(2)11-8-6-5-7-9-11/h5-10,12H,4H2,1-3H3/t10?,12-/m0/s1. The average Bonchev–Trinajstić information content (AvgIpc) is 2.40. The minimum Gasteiger partial charge on any atom is -0.468 e. The first-order chi connectivity index (χ1) is 8.60. The third-order valence-electron chi connectivity index (χ3n) is 2.74. The highest BCUT2D eigenvalue weighted by Crippen LogP contribution is 2.19. The van der Waals surface area contributed by atoms with Crippen molar-refractivity contribution in [3.63, 3.8) is 0 Å². The van der Waals surface area contributed by atoms with Gasteiger partial charge in [-0.2, -0.15) is 0 Å². The van der Waals surface area contributed by atoms with Gasteiger partial charge in [-0.25, -0.2) is 0 Å². The summed E-state index contributed by atoms with van der Waals surface area (Å²) in [7, 11) is 1.26. The van der Waals surface area contributed by atoms with Gasteiger partial charge in [-0.3, -0.25) is 9.59 Å². The number of carbonyl (C=O) groups excluding carboxylic acids is 2. The summed E-state index contributed by atoms with van der Waals surface area (Å²) >= 11 is 0. The molecule has 0 aliphatic rings. The molecular weight excluding hydrogens is 232 g/mol. The summed E-state index contributed by atoms with van der Waals surface area (Å²) in [6.07, 6.45) is -0.00933. The lowest BCUT2D eigenvalue weighted by Gasteiger charge is -2.17. The molecule has 1 unspecified atom stereocenters. The smallest absolute Gasteiger partial charge is 0.320 e. The van der Waals surface area contributed by atoms with Gasteiger partial charge in [-0.15, -0.1) is 0 Å². The van der Waals surface area contributed by atoms with Crippen LogP contribution in [0.3, 0.4) is 0 Å². The van der Waals surface area contributed by atoms with Crippen LogP contribution < -0.4 is 0 Å². The normalized spacial score (nSPS) is 13.5. The van der Waals surface area contributed by atoms with Crippen molar-refractivity contribution in [3.8, 4) is 0 Å². The Labute approximate surface area is 107 Å². The van der Waals surface area contributed by atoms with E-state index in [1.807, 2.05) is 30.3 Å². The number of carbonyl (C=O) groups is 2. The summed E-state index contributed by atoms with van der Waals surface area (Å²) in [5, 5.41) is 0. The molecule has 0 spiro atoms. The molecule has 0 bridgehead atoms. The molecule has 4 heteroatoms. The molecule has 1 aromatic carbocycles. The van der Waals surface area contributed by atoms with Gasteiger partial charge in [0.1, 0.15) is 6.10 Å². The highest BCUT2D eigenvalue weighted by Gasteiger charge is 2.28. The van der Waals surface area contributed by atoms with Crippen LogP contribution in [0.15, 0.2) is 30.3 Å². The van der Waals surface area contributed by atoms with E-state index in [1.54, 1.807) is 13.8 Å². The van der Waals surface area contributed by atoms with Gasteiger partial charge in [-0.05, 0) is 18.9 Å². The second kappa shape index (κ2) is 6.79. The number of hydrogen-bond donors (Lipinski definition) is 0. The summed E-state index contributed by atoms with van der Waals surface area (Å²) in [4.78, 5) is 23.2. The number of ether oxygens (including phenoxy) is 2. The number of esters is 2. The van der Waals surface area contributed by atoms with Gasteiger partial charge in [0, 0.05) is 0 Å². The van der Waals surface area contributed by atoms with E-state index in [0.717, 1.165) is 5.56 Å². The van der Waals surface area contributed by atoms with Gasteiger partial charge < -0.3 is 9.47 Å². The zero-order chi connectivity index (χ0) is 13.5. The minimum absolute atomic E-state index is 0.368. The van der Waals surface area contributed by atoms with Crippen molar-refractivity contribution in [1.29, 1.82) is 0 Å². The molecular formula is C14H18O4. The van der Waals surface area contributed by atoms with Crippen LogP contribution in [0.4, 0.5) is 0 Å². The summed E-state index contributed by atoms with van der Waals surface area (Å²) in [6.45, 7) is 3.52. The zero-order valence-corrected chi connectivity index (χ0v) is 10.9. The summed E-state index contributed by atoms with van der Waals surface area (Å²) in [5.74, 6) is -1.94. The zero-order valence-electron chi connectivity index (χ0n) is 10.9. The van der Waals surface area contributed by atoms with Gasteiger partial charge >= 0.3 is 11.9 Å². The van der Waals surface area contributed by atoms with Crippen molar-refractivity contribution in [3.05, 3.63) is 35.9 Å². The maximum atomic E-state index is 11.8. The van der Waals surface area contributed by atoms with E-state index in [1.165, 1.54) is 7.11 Å². The van der Waals surface area contributed by atoms with Crippen LogP contribution in [-0.2, 0) is 19.1 Å². The first-order valence-electron chi connectivity index (χ1n) is 5.93. The topological polar surface area (TPSA) is 52.6 Å². The Morgan fingerprint density at radius 2 is 1.78 bits per heavy atom. The molecule has 2 atom stereocenters. The molecule has 0 fully saturated rings. The Morgan fingerprint density at radius 1 is 1.17 bits per heavy atom. The molecule has 0 radical (unpaired) electrons. The minimum atomic E-state index is -0.846. The van der Waals surface area contributed by atoms with Gasteiger partial charge in [0.15, 0.2) is 5.92 Å². The van der Waals surface area contributed by atoms with E-state index in [-0.39, 0.29) is 6.10 Å². The quantitative estimate of drug-likeness (QED) is 0.595. The fraction of sp³-hybridized carbons (Fsp3) is 0.429. The van der Waals surface area contributed by atoms with Crippen molar-refractivity contribution in [2.24, 2.45) is 5.92 Å². The van der Waals surface area contributed by atoms with Crippen LogP contribution in [0, 0.1) is 5.92 Å². The Kier molecular flexibility index (Phi) is 5.36. The van der Waals surface area contributed by atoms with Crippen LogP contribution in [0.25, 0.3) is 0 Å². The number of benzene rings is 1. The first kappa shape index (κ1) is 14.2. The molecule has 0 heterocycles. The lowest BCUT2D eigenvalue weighted by atomic mass is 10.1. The molecule has 0 N–H and O–H groups in total. The second-order valence-corrected chi connectivity index (χ2v) is 3.97. The fourth-order valence-electron chi connectivity index (χ4n) is 1.62. The van der Waals surface area contributed by atoms with E-state index in [9.17, 15) is 9.59 Å². The molecule has 98 valence electrons. The maximum absolute atomic E-state index is 11.8. The third-order valence-corrected chi connectivity index (χ3v) is 2.74. The number of methoxy groups -OCH3 is 1. The average molecular weight is 250 g/mol. The first-order valence-corrected chi connectivity index (χ1v) is 5.93. The summed E-state index contributed by atoms with van der Waals surface area (Å²) in [6, 6.07) is 9.38. The highest BCUT2D eigenvalue weighted by molar-refractivity contribution is 5.94. The summed E-state index contributed by atoms with van der Waals surface area (Å²) in [5.41, 5.74) is 0.894. The van der Waals surface area contributed by atoms with Crippen LogP contribution in [0.1, 0.15) is 31.9 Å². The van der Waals surface area contributed by atoms with Crippen molar-refractivity contribution in [1.82, 2.24) is 0 Å². The Morgan fingerprint density at radius 3 is 2.28 bits per heavy atom. The lowest BCUT2D eigenvalue weighted by Crippen LogP contribution is -2.27. The molecule has 18 heavy (non-hydrogen) atoms. The molecule has 0 aliphatic heterocycles. The van der Waals surface area contributed by atoms with Gasteiger partial charge in [0.25, 0.3) is 0 Å². The van der Waals surface area contributed by atoms with Gasteiger partial charge in [-0.1, -0.05) is 37.3 Å². The number of rotatable bonds is 5. The Hall–Kier alpha value is -1.84.